The predicted octanol–water partition coefficient (Wildman–Crippen LogP) is 1.51. The zero-order valence-corrected chi connectivity index (χ0v) is 14.6. The van der Waals surface area contributed by atoms with E-state index >= 15 is 0 Å². The number of carbonyl (C=O) groups excluding carboxylic acids is 1. The number of piperidine rings is 1. The Labute approximate surface area is 147 Å². The lowest BCUT2D eigenvalue weighted by Crippen LogP contribution is -2.45. The second-order valence-corrected chi connectivity index (χ2v) is 6.78. The van der Waals surface area contributed by atoms with Crippen LogP contribution in [0.4, 0.5) is 0 Å². The quantitative estimate of drug-likeness (QED) is 0.642. The van der Waals surface area contributed by atoms with Crippen molar-refractivity contribution in [1.29, 1.82) is 0 Å². The van der Waals surface area contributed by atoms with Gasteiger partial charge < -0.3 is 9.84 Å². The lowest BCUT2D eigenvalue weighted by molar-refractivity contribution is -0.147. The van der Waals surface area contributed by atoms with Gasteiger partial charge in [0, 0.05) is 17.3 Å². The summed E-state index contributed by atoms with van der Waals surface area (Å²) in [5.41, 5.74) is 2.06. The first-order valence-electron chi connectivity index (χ1n) is 8.79. The van der Waals surface area contributed by atoms with Gasteiger partial charge in [0.2, 0.25) is 0 Å². The van der Waals surface area contributed by atoms with Crippen molar-refractivity contribution in [3.05, 3.63) is 29.6 Å². The van der Waals surface area contributed by atoms with E-state index in [1.165, 1.54) is 7.11 Å². The molecule has 2 aliphatic rings. The number of esters is 1. The molecule has 2 heterocycles. The Balaban J connectivity index is 1.72. The van der Waals surface area contributed by atoms with Gasteiger partial charge in [0.05, 0.1) is 19.6 Å². The molecule has 136 valence electrons. The Morgan fingerprint density at radius 1 is 1.36 bits per heavy atom. The van der Waals surface area contributed by atoms with E-state index < -0.39 is 5.97 Å². The standard InChI is InChI=1S/C18H25N3O4/c1-3-8-21-15-5-4-13(11-14(15)16(19-21)17(22)23)20-9-6-12(7-10-20)18(24)25-2/h3,12-13H,1,4-11H2,2H3,(H,22,23)/t13-/m0/s1. The van der Waals surface area contributed by atoms with E-state index in [2.05, 4.69) is 16.6 Å². The van der Waals surface area contributed by atoms with Crippen LogP contribution >= 0.6 is 0 Å². The number of rotatable bonds is 5. The van der Waals surface area contributed by atoms with Crippen molar-refractivity contribution in [3.8, 4) is 0 Å². The predicted molar refractivity (Wildman–Crippen MR) is 91.5 cm³/mol. The molecular weight excluding hydrogens is 322 g/mol. The number of allylic oxidation sites excluding steroid dienone is 1. The number of methoxy groups -OCH3 is 1. The van der Waals surface area contributed by atoms with Crippen LogP contribution in [0.25, 0.3) is 0 Å². The number of fused-ring (bicyclic) bond motifs is 1. The van der Waals surface area contributed by atoms with E-state index in [0.29, 0.717) is 19.0 Å². The Bertz CT molecular complexity index is 674. The number of aromatic nitrogens is 2. The average Bonchev–Trinajstić information content (AvgIpc) is 3.00. The second-order valence-electron chi connectivity index (χ2n) is 6.78. The van der Waals surface area contributed by atoms with Gasteiger partial charge in [0.1, 0.15) is 0 Å². The highest BCUT2D eigenvalue weighted by atomic mass is 16.5. The first-order valence-corrected chi connectivity index (χ1v) is 8.79. The van der Waals surface area contributed by atoms with Gasteiger partial charge >= 0.3 is 11.9 Å². The van der Waals surface area contributed by atoms with Crippen molar-refractivity contribution in [2.45, 2.75) is 44.7 Å². The maximum Gasteiger partial charge on any atom is 0.356 e. The summed E-state index contributed by atoms with van der Waals surface area (Å²) in [5, 5.41) is 13.7. The number of likely N-dealkylation sites (tertiary alicyclic amines) is 1. The molecule has 1 atom stereocenters. The van der Waals surface area contributed by atoms with E-state index in [-0.39, 0.29) is 17.6 Å². The molecule has 1 saturated heterocycles. The van der Waals surface area contributed by atoms with Gasteiger partial charge in [-0.05, 0) is 45.2 Å². The maximum absolute atomic E-state index is 11.7. The van der Waals surface area contributed by atoms with Crippen LogP contribution in [0, 0.1) is 5.92 Å². The highest BCUT2D eigenvalue weighted by molar-refractivity contribution is 5.87. The summed E-state index contributed by atoms with van der Waals surface area (Å²) in [5.74, 6) is -1.10. The molecule has 1 aliphatic carbocycles. The summed E-state index contributed by atoms with van der Waals surface area (Å²) in [6.45, 7) is 5.95. The fourth-order valence-corrected chi connectivity index (χ4v) is 4.09. The molecule has 1 fully saturated rings. The van der Waals surface area contributed by atoms with E-state index in [0.717, 1.165) is 50.0 Å². The van der Waals surface area contributed by atoms with Crippen LogP contribution in [0.3, 0.4) is 0 Å². The second kappa shape index (κ2) is 7.39. The Hall–Kier alpha value is -2.15. The molecule has 1 N–H and O–H groups in total. The van der Waals surface area contributed by atoms with Crippen molar-refractivity contribution in [2.24, 2.45) is 5.92 Å². The zero-order valence-electron chi connectivity index (χ0n) is 14.6. The number of carbonyl (C=O) groups is 2. The fourth-order valence-electron chi connectivity index (χ4n) is 4.09. The van der Waals surface area contributed by atoms with Crippen molar-refractivity contribution < 1.29 is 19.4 Å². The molecule has 0 amide bonds. The monoisotopic (exact) mass is 347 g/mol. The van der Waals surface area contributed by atoms with E-state index in [4.69, 9.17) is 4.74 Å². The Morgan fingerprint density at radius 2 is 2.08 bits per heavy atom. The molecule has 1 aliphatic heterocycles. The van der Waals surface area contributed by atoms with Gasteiger partial charge in [-0.15, -0.1) is 6.58 Å². The van der Waals surface area contributed by atoms with Crippen molar-refractivity contribution in [2.75, 3.05) is 20.2 Å². The lowest BCUT2D eigenvalue weighted by Gasteiger charge is -2.38. The number of hydrogen-bond donors (Lipinski definition) is 1. The highest BCUT2D eigenvalue weighted by Crippen LogP contribution is 2.30. The third-order valence-electron chi connectivity index (χ3n) is 5.41. The minimum atomic E-state index is -0.968. The number of nitrogens with zero attached hydrogens (tertiary/aromatic N) is 3. The van der Waals surface area contributed by atoms with Gasteiger partial charge in [-0.25, -0.2) is 4.79 Å². The molecule has 1 aromatic rings. The minimum absolute atomic E-state index is 0.00896. The molecule has 0 unspecified atom stereocenters. The van der Waals surface area contributed by atoms with Gasteiger partial charge in [-0.2, -0.15) is 5.10 Å². The summed E-state index contributed by atoms with van der Waals surface area (Å²) < 4.78 is 6.61. The normalized spacial score (nSPS) is 21.6. The van der Waals surface area contributed by atoms with E-state index in [1.807, 2.05) is 0 Å². The first-order chi connectivity index (χ1) is 12.0. The van der Waals surface area contributed by atoms with Gasteiger partial charge in [0.25, 0.3) is 0 Å². The molecule has 25 heavy (non-hydrogen) atoms. The first kappa shape index (κ1) is 17.7. The number of ether oxygens (including phenoxy) is 1. The molecule has 7 heteroatoms. The van der Waals surface area contributed by atoms with Crippen LogP contribution in [-0.2, 0) is 28.9 Å². The topological polar surface area (TPSA) is 84.7 Å². The number of hydrogen-bond acceptors (Lipinski definition) is 5. The van der Waals surface area contributed by atoms with Crippen LogP contribution in [0.1, 0.15) is 41.0 Å². The zero-order chi connectivity index (χ0) is 18.0. The van der Waals surface area contributed by atoms with Crippen molar-refractivity contribution in [3.63, 3.8) is 0 Å². The summed E-state index contributed by atoms with van der Waals surface area (Å²) >= 11 is 0. The van der Waals surface area contributed by atoms with Crippen molar-refractivity contribution >= 4 is 11.9 Å². The highest BCUT2D eigenvalue weighted by Gasteiger charge is 2.34. The summed E-state index contributed by atoms with van der Waals surface area (Å²) in [7, 11) is 1.44. The molecule has 0 bridgehead atoms. The summed E-state index contributed by atoms with van der Waals surface area (Å²) in [6, 6.07) is 0.311. The third kappa shape index (κ3) is 3.46. The van der Waals surface area contributed by atoms with Gasteiger partial charge in [0.15, 0.2) is 5.69 Å². The summed E-state index contributed by atoms with van der Waals surface area (Å²) in [4.78, 5) is 25.6. The van der Waals surface area contributed by atoms with E-state index in [1.54, 1.807) is 10.8 Å². The van der Waals surface area contributed by atoms with Crippen LogP contribution in [-0.4, -0.2) is 58.0 Å². The van der Waals surface area contributed by atoms with Crippen LogP contribution in [0.15, 0.2) is 12.7 Å². The molecule has 0 spiro atoms. The minimum Gasteiger partial charge on any atom is -0.476 e. The molecule has 0 radical (unpaired) electrons. The smallest absolute Gasteiger partial charge is 0.356 e. The van der Waals surface area contributed by atoms with Crippen LogP contribution in [0.2, 0.25) is 0 Å². The molecule has 7 nitrogen and oxygen atoms in total. The van der Waals surface area contributed by atoms with Gasteiger partial charge in [-0.3, -0.25) is 14.4 Å². The van der Waals surface area contributed by atoms with E-state index in [9.17, 15) is 14.7 Å². The fraction of sp³-hybridized carbons (Fsp3) is 0.611. The maximum atomic E-state index is 11.7. The van der Waals surface area contributed by atoms with Crippen molar-refractivity contribution in [1.82, 2.24) is 14.7 Å². The van der Waals surface area contributed by atoms with Crippen LogP contribution < -0.4 is 0 Å². The third-order valence-corrected chi connectivity index (χ3v) is 5.41. The molecule has 0 saturated carbocycles. The molecular formula is C18H25N3O4. The van der Waals surface area contributed by atoms with Crippen LogP contribution in [0.5, 0.6) is 0 Å². The molecule has 3 rings (SSSR count). The number of carboxylic acid groups (broad SMARTS) is 1. The number of carboxylic acids is 1. The Kier molecular flexibility index (Phi) is 5.22. The largest absolute Gasteiger partial charge is 0.476 e. The average molecular weight is 347 g/mol. The lowest BCUT2D eigenvalue weighted by atomic mass is 9.88. The number of aromatic carboxylic acids is 1. The SMILES string of the molecule is C=CCn1nc(C(=O)O)c2c1CC[C@H](N1CCC(C(=O)OC)CC1)C2. The molecule has 1 aromatic heterocycles. The Morgan fingerprint density at radius 3 is 2.68 bits per heavy atom. The summed E-state index contributed by atoms with van der Waals surface area (Å²) in [6.07, 6.45) is 5.86. The van der Waals surface area contributed by atoms with Gasteiger partial charge in [-0.1, -0.05) is 6.08 Å². The molecule has 0 aromatic carbocycles.